The summed E-state index contributed by atoms with van der Waals surface area (Å²) in [6.07, 6.45) is -1.31. The second kappa shape index (κ2) is 6.43. The van der Waals surface area contributed by atoms with Crippen LogP contribution in [0.5, 0.6) is 0 Å². The molecule has 0 aliphatic rings. The second-order valence-corrected chi connectivity index (χ2v) is 5.10. The number of Topliss-reactive ketones (excluding diaryl/α,β-unsaturated/α-hetero) is 1. The fourth-order valence-corrected chi connectivity index (χ4v) is 2.28. The molecule has 2 aromatic rings. The summed E-state index contributed by atoms with van der Waals surface area (Å²) in [7, 11) is 1.67. The van der Waals surface area contributed by atoms with Crippen molar-refractivity contribution in [1.29, 1.82) is 0 Å². The van der Waals surface area contributed by atoms with Gasteiger partial charge in [-0.1, -0.05) is 30.3 Å². The highest BCUT2D eigenvalue weighted by atomic mass is 16.6. The molecule has 1 unspecified atom stereocenters. The smallest absolute Gasteiger partial charge is 0.380 e. The molecule has 0 bridgehead atoms. The van der Waals surface area contributed by atoms with Crippen LogP contribution in [0.3, 0.4) is 0 Å². The van der Waals surface area contributed by atoms with Crippen LogP contribution in [-0.4, -0.2) is 27.4 Å². The number of hydrogen-bond acceptors (Lipinski definition) is 5. The van der Waals surface area contributed by atoms with E-state index in [2.05, 4.69) is 5.10 Å². The summed E-state index contributed by atoms with van der Waals surface area (Å²) in [6, 6.07) is 8.28. The van der Waals surface area contributed by atoms with E-state index in [9.17, 15) is 14.4 Å². The van der Waals surface area contributed by atoms with Crippen molar-refractivity contribution in [1.82, 2.24) is 9.78 Å². The average molecular weight is 315 g/mol. The molecule has 23 heavy (non-hydrogen) atoms. The Morgan fingerprint density at radius 1 is 1.17 bits per heavy atom. The quantitative estimate of drug-likeness (QED) is 0.503. The highest BCUT2D eigenvalue weighted by Crippen LogP contribution is 2.19. The maximum atomic E-state index is 12.3. The second-order valence-electron chi connectivity index (χ2n) is 5.10. The van der Waals surface area contributed by atoms with Crippen molar-refractivity contribution < 1.29 is 19.1 Å². The summed E-state index contributed by atoms with van der Waals surface area (Å²) in [5.74, 6) is -2.84. The van der Waals surface area contributed by atoms with Crippen LogP contribution < -0.4 is 5.73 Å². The molecule has 1 heterocycles. The maximum Gasteiger partial charge on any atom is 0.380 e. The van der Waals surface area contributed by atoms with Gasteiger partial charge in [-0.25, -0.2) is 4.79 Å². The monoisotopic (exact) mass is 315 g/mol. The van der Waals surface area contributed by atoms with E-state index in [1.807, 2.05) is 0 Å². The standard InChI is InChI=1S/C16H17N3O4/c1-9-12(10(2)19(3)18-9)13(20)16(22)23-14(15(17)21)11-7-5-4-6-8-11/h4-8,14H,1-3H3,(H2,17,21). The summed E-state index contributed by atoms with van der Waals surface area (Å²) >= 11 is 0. The fraction of sp³-hybridized carbons (Fsp3) is 0.250. The lowest BCUT2D eigenvalue weighted by Crippen LogP contribution is -2.29. The molecule has 1 aromatic carbocycles. The van der Waals surface area contributed by atoms with Gasteiger partial charge in [0.15, 0.2) is 0 Å². The lowest BCUT2D eigenvalue weighted by Gasteiger charge is -2.14. The number of amides is 1. The van der Waals surface area contributed by atoms with Crippen LogP contribution in [0.15, 0.2) is 30.3 Å². The zero-order chi connectivity index (χ0) is 17.1. The predicted octanol–water partition coefficient (Wildman–Crippen LogP) is 0.989. The number of rotatable bonds is 5. The molecule has 0 aliphatic carbocycles. The molecule has 1 amide bonds. The van der Waals surface area contributed by atoms with Gasteiger partial charge in [-0.05, 0) is 13.8 Å². The van der Waals surface area contributed by atoms with Gasteiger partial charge in [0.25, 0.3) is 11.7 Å². The van der Waals surface area contributed by atoms with Crippen molar-refractivity contribution in [3.05, 3.63) is 52.8 Å². The molecule has 0 radical (unpaired) electrons. The van der Waals surface area contributed by atoms with Crippen molar-refractivity contribution >= 4 is 17.7 Å². The lowest BCUT2D eigenvalue weighted by atomic mass is 10.1. The number of ether oxygens (including phenoxy) is 1. The number of nitrogens with zero attached hydrogens (tertiary/aromatic N) is 2. The van der Waals surface area contributed by atoms with E-state index in [0.717, 1.165) is 0 Å². The van der Waals surface area contributed by atoms with Crippen LogP contribution in [0.2, 0.25) is 0 Å². The fourth-order valence-electron chi connectivity index (χ4n) is 2.28. The normalized spacial score (nSPS) is 11.8. The van der Waals surface area contributed by atoms with Crippen molar-refractivity contribution in [3.63, 3.8) is 0 Å². The number of nitrogens with two attached hydrogens (primary N) is 1. The number of benzene rings is 1. The molecule has 0 spiro atoms. The van der Waals surface area contributed by atoms with Crippen LogP contribution in [0.4, 0.5) is 0 Å². The van der Waals surface area contributed by atoms with Crippen molar-refractivity contribution in [3.8, 4) is 0 Å². The molecule has 2 N–H and O–H groups in total. The zero-order valence-electron chi connectivity index (χ0n) is 13.1. The number of aromatic nitrogens is 2. The van der Waals surface area contributed by atoms with Crippen LogP contribution in [-0.2, 0) is 21.4 Å². The van der Waals surface area contributed by atoms with E-state index in [4.69, 9.17) is 10.5 Å². The first kappa shape index (κ1) is 16.4. The highest BCUT2D eigenvalue weighted by molar-refractivity contribution is 6.41. The minimum absolute atomic E-state index is 0.175. The lowest BCUT2D eigenvalue weighted by molar-refractivity contribution is -0.150. The number of hydrogen-bond donors (Lipinski definition) is 1. The van der Waals surface area contributed by atoms with E-state index in [1.54, 1.807) is 51.2 Å². The van der Waals surface area contributed by atoms with Crippen molar-refractivity contribution in [2.24, 2.45) is 12.8 Å². The molecule has 0 saturated heterocycles. The van der Waals surface area contributed by atoms with Gasteiger partial charge < -0.3 is 10.5 Å². The third kappa shape index (κ3) is 3.28. The molecule has 7 nitrogen and oxygen atoms in total. The van der Waals surface area contributed by atoms with Crippen LogP contribution in [0.1, 0.15) is 33.4 Å². The van der Waals surface area contributed by atoms with Gasteiger partial charge in [0.1, 0.15) is 0 Å². The Balaban J connectivity index is 2.26. The van der Waals surface area contributed by atoms with Gasteiger partial charge in [0.2, 0.25) is 6.10 Å². The van der Waals surface area contributed by atoms with Crippen molar-refractivity contribution in [2.45, 2.75) is 20.0 Å². The number of esters is 1. The van der Waals surface area contributed by atoms with Gasteiger partial charge in [0, 0.05) is 18.3 Å². The third-order valence-electron chi connectivity index (χ3n) is 3.51. The Hall–Kier alpha value is -2.96. The third-order valence-corrected chi connectivity index (χ3v) is 3.51. The number of ketones is 1. The largest absolute Gasteiger partial charge is 0.441 e. The molecule has 1 aromatic heterocycles. The molecular formula is C16H17N3O4. The van der Waals surface area contributed by atoms with Crippen LogP contribution in [0.25, 0.3) is 0 Å². The number of primary amides is 1. The van der Waals surface area contributed by atoms with Gasteiger partial charge >= 0.3 is 5.97 Å². The minimum Gasteiger partial charge on any atom is -0.441 e. The van der Waals surface area contributed by atoms with Crippen molar-refractivity contribution in [2.75, 3.05) is 0 Å². The number of carbonyl (C=O) groups is 3. The first-order valence-corrected chi connectivity index (χ1v) is 6.92. The Labute approximate surface area is 133 Å². The maximum absolute atomic E-state index is 12.3. The molecular weight excluding hydrogens is 298 g/mol. The number of aryl methyl sites for hydroxylation is 2. The Kier molecular flexibility index (Phi) is 4.59. The van der Waals surface area contributed by atoms with Gasteiger partial charge in [-0.2, -0.15) is 5.10 Å². The molecule has 0 fully saturated rings. The van der Waals surface area contributed by atoms with Crippen LogP contribution in [0, 0.1) is 13.8 Å². The molecule has 120 valence electrons. The van der Waals surface area contributed by atoms with Gasteiger partial charge in [-0.15, -0.1) is 0 Å². The molecule has 7 heteroatoms. The SMILES string of the molecule is Cc1nn(C)c(C)c1C(=O)C(=O)OC(C(N)=O)c1ccccc1. The Morgan fingerprint density at radius 2 is 1.78 bits per heavy atom. The molecule has 0 saturated carbocycles. The summed E-state index contributed by atoms with van der Waals surface area (Å²) in [5, 5.41) is 4.08. The first-order chi connectivity index (χ1) is 10.8. The van der Waals surface area contributed by atoms with Crippen LogP contribution >= 0.6 is 0 Å². The summed E-state index contributed by atoms with van der Waals surface area (Å²) in [6.45, 7) is 3.29. The van der Waals surface area contributed by atoms with E-state index >= 15 is 0 Å². The van der Waals surface area contributed by atoms with E-state index in [0.29, 0.717) is 17.0 Å². The summed E-state index contributed by atoms with van der Waals surface area (Å²) in [4.78, 5) is 36.0. The van der Waals surface area contributed by atoms with E-state index < -0.39 is 23.8 Å². The van der Waals surface area contributed by atoms with E-state index in [-0.39, 0.29) is 5.56 Å². The molecule has 0 aliphatic heterocycles. The predicted molar refractivity (Wildman–Crippen MR) is 81.5 cm³/mol. The zero-order valence-corrected chi connectivity index (χ0v) is 13.1. The topological polar surface area (TPSA) is 104 Å². The molecule has 1 atom stereocenters. The minimum atomic E-state index is -1.31. The summed E-state index contributed by atoms with van der Waals surface area (Å²) < 4.78 is 6.53. The summed E-state index contributed by atoms with van der Waals surface area (Å²) in [5.41, 5.74) is 6.81. The molecule has 2 rings (SSSR count). The average Bonchev–Trinajstić information content (AvgIpc) is 2.77. The van der Waals surface area contributed by atoms with Gasteiger partial charge in [-0.3, -0.25) is 14.3 Å². The van der Waals surface area contributed by atoms with Gasteiger partial charge in [0.05, 0.1) is 11.3 Å². The highest BCUT2D eigenvalue weighted by Gasteiger charge is 2.30. The Morgan fingerprint density at radius 3 is 2.26 bits per heavy atom. The Bertz CT molecular complexity index is 765. The first-order valence-electron chi connectivity index (χ1n) is 6.92. The number of carbonyl (C=O) groups excluding carboxylic acids is 3. The van der Waals surface area contributed by atoms with E-state index in [1.165, 1.54) is 4.68 Å².